The number of halogens is 1. The van der Waals surface area contributed by atoms with Crippen LogP contribution in [0.2, 0.25) is 0 Å². The Labute approximate surface area is 148 Å². The number of nitrogens with one attached hydrogen (secondary N) is 1. The van der Waals surface area contributed by atoms with Crippen LogP contribution in [0.3, 0.4) is 0 Å². The normalized spacial score (nSPS) is 21.1. The van der Waals surface area contributed by atoms with Gasteiger partial charge in [0, 0.05) is 43.4 Å². The highest BCUT2D eigenvalue weighted by atomic mass is 19.1. The fourth-order valence-electron chi connectivity index (χ4n) is 3.04. The van der Waals surface area contributed by atoms with Crippen molar-refractivity contribution in [3.63, 3.8) is 0 Å². The van der Waals surface area contributed by atoms with E-state index in [1.54, 1.807) is 17.0 Å². The summed E-state index contributed by atoms with van der Waals surface area (Å²) in [4.78, 5) is 25.9. The van der Waals surface area contributed by atoms with Gasteiger partial charge in [-0.15, -0.1) is 0 Å². The van der Waals surface area contributed by atoms with Crippen LogP contribution in [-0.2, 0) is 9.59 Å². The molecule has 0 unspecified atom stereocenters. The maximum Gasteiger partial charge on any atom is 0.225 e. The lowest BCUT2D eigenvalue weighted by atomic mass is 9.85. The van der Waals surface area contributed by atoms with Gasteiger partial charge in [-0.05, 0) is 24.1 Å². The fourth-order valence-corrected chi connectivity index (χ4v) is 3.04. The number of nitrogens with two attached hydrogens (primary N) is 1. The lowest BCUT2D eigenvalue weighted by Gasteiger charge is -2.37. The van der Waals surface area contributed by atoms with Crippen molar-refractivity contribution in [1.29, 1.82) is 0 Å². The zero-order valence-electron chi connectivity index (χ0n) is 15.2. The van der Waals surface area contributed by atoms with Crippen LogP contribution in [0.1, 0.15) is 45.1 Å². The van der Waals surface area contributed by atoms with Gasteiger partial charge in [0.05, 0.1) is 0 Å². The van der Waals surface area contributed by atoms with Gasteiger partial charge in [0.2, 0.25) is 11.8 Å². The summed E-state index contributed by atoms with van der Waals surface area (Å²) in [6.45, 7) is 6.95. The Balaban J connectivity index is 1.82. The molecule has 1 fully saturated rings. The van der Waals surface area contributed by atoms with Crippen molar-refractivity contribution in [2.24, 2.45) is 11.1 Å². The number of carbonyl (C=O) groups excluding carboxylic acids is 2. The molecule has 1 heterocycles. The average molecular weight is 349 g/mol. The van der Waals surface area contributed by atoms with Gasteiger partial charge >= 0.3 is 0 Å². The molecule has 0 aromatic heterocycles. The monoisotopic (exact) mass is 349 g/mol. The third kappa shape index (κ3) is 5.26. The van der Waals surface area contributed by atoms with Crippen LogP contribution in [0, 0.1) is 11.2 Å². The van der Waals surface area contributed by atoms with Gasteiger partial charge in [0.1, 0.15) is 5.82 Å². The molecule has 25 heavy (non-hydrogen) atoms. The van der Waals surface area contributed by atoms with E-state index in [-0.39, 0.29) is 36.0 Å². The van der Waals surface area contributed by atoms with Crippen molar-refractivity contribution < 1.29 is 14.0 Å². The largest absolute Gasteiger partial charge is 0.355 e. The summed E-state index contributed by atoms with van der Waals surface area (Å²) in [5.74, 6) is -0.193. The number of piperidine rings is 1. The second kappa shape index (κ2) is 7.95. The van der Waals surface area contributed by atoms with Crippen LogP contribution in [0.5, 0.6) is 0 Å². The first-order valence-electron chi connectivity index (χ1n) is 8.75. The Morgan fingerprint density at radius 2 is 1.92 bits per heavy atom. The molecule has 5 nitrogen and oxygen atoms in total. The number of likely N-dealkylation sites (tertiary alicyclic amines) is 1. The lowest BCUT2D eigenvalue weighted by molar-refractivity contribution is -0.133. The summed E-state index contributed by atoms with van der Waals surface area (Å²) >= 11 is 0. The molecule has 0 spiro atoms. The topological polar surface area (TPSA) is 75.4 Å². The molecule has 138 valence electrons. The Kier molecular flexibility index (Phi) is 6.16. The number of hydrogen-bond donors (Lipinski definition) is 2. The maximum atomic E-state index is 13.1. The zero-order valence-corrected chi connectivity index (χ0v) is 15.2. The summed E-state index contributed by atoms with van der Waals surface area (Å²) in [6, 6.07) is 6.24. The van der Waals surface area contributed by atoms with Crippen molar-refractivity contribution in [2.75, 3.05) is 19.6 Å². The van der Waals surface area contributed by atoms with Crippen molar-refractivity contribution >= 4 is 11.8 Å². The number of hydrogen-bond acceptors (Lipinski definition) is 3. The molecule has 1 aliphatic rings. The minimum Gasteiger partial charge on any atom is -0.355 e. The predicted octanol–water partition coefficient (Wildman–Crippen LogP) is 2.02. The van der Waals surface area contributed by atoms with E-state index in [1.807, 2.05) is 20.8 Å². The van der Waals surface area contributed by atoms with Gasteiger partial charge in [-0.3, -0.25) is 9.59 Å². The summed E-state index contributed by atoms with van der Waals surface area (Å²) in [6.07, 6.45) is 1.03. The molecule has 0 bridgehead atoms. The highest BCUT2D eigenvalue weighted by Crippen LogP contribution is 2.27. The van der Waals surface area contributed by atoms with Gasteiger partial charge < -0.3 is 16.0 Å². The molecule has 0 radical (unpaired) electrons. The van der Waals surface area contributed by atoms with E-state index < -0.39 is 5.41 Å². The van der Waals surface area contributed by atoms with Crippen molar-refractivity contribution in [3.8, 4) is 0 Å². The highest BCUT2D eigenvalue weighted by Gasteiger charge is 2.30. The van der Waals surface area contributed by atoms with E-state index >= 15 is 0 Å². The SMILES string of the molecule is CC(C)(C)C(=O)NCCC(=O)N1CC[C@@H](c2ccc(F)cc2)[C@@H](N)C1. The highest BCUT2D eigenvalue weighted by molar-refractivity contribution is 5.82. The van der Waals surface area contributed by atoms with Gasteiger partial charge in [0.25, 0.3) is 0 Å². The van der Waals surface area contributed by atoms with Crippen molar-refractivity contribution in [2.45, 2.75) is 45.6 Å². The van der Waals surface area contributed by atoms with E-state index in [9.17, 15) is 14.0 Å². The van der Waals surface area contributed by atoms with Crippen LogP contribution < -0.4 is 11.1 Å². The minimum atomic E-state index is -0.459. The summed E-state index contributed by atoms with van der Waals surface area (Å²) in [5.41, 5.74) is 6.81. The molecule has 3 N–H and O–H groups in total. The molecular weight excluding hydrogens is 321 g/mol. The molecule has 2 amide bonds. The van der Waals surface area contributed by atoms with Gasteiger partial charge in [0.15, 0.2) is 0 Å². The van der Waals surface area contributed by atoms with E-state index in [0.29, 0.717) is 19.6 Å². The Morgan fingerprint density at radius 1 is 1.28 bits per heavy atom. The van der Waals surface area contributed by atoms with E-state index in [4.69, 9.17) is 5.73 Å². The molecule has 0 aliphatic carbocycles. The first-order chi connectivity index (χ1) is 11.7. The quantitative estimate of drug-likeness (QED) is 0.873. The second-order valence-electron chi connectivity index (χ2n) is 7.71. The third-order valence-corrected chi connectivity index (χ3v) is 4.61. The van der Waals surface area contributed by atoms with Crippen molar-refractivity contribution in [1.82, 2.24) is 10.2 Å². The van der Waals surface area contributed by atoms with Gasteiger partial charge in [-0.25, -0.2) is 4.39 Å². The Bertz CT molecular complexity index is 610. The predicted molar refractivity (Wildman–Crippen MR) is 95.4 cm³/mol. The number of carbonyl (C=O) groups is 2. The number of benzene rings is 1. The van der Waals surface area contributed by atoms with Gasteiger partial charge in [-0.2, -0.15) is 0 Å². The third-order valence-electron chi connectivity index (χ3n) is 4.61. The average Bonchev–Trinajstić information content (AvgIpc) is 2.54. The van der Waals surface area contributed by atoms with Crippen LogP contribution in [0.4, 0.5) is 4.39 Å². The molecule has 0 saturated carbocycles. The molecule has 6 heteroatoms. The van der Waals surface area contributed by atoms with Crippen molar-refractivity contribution in [3.05, 3.63) is 35.6 Å². The first kappa shape index (κ1) is 19.4. The van der Waals surface area contributed by atoms with E-state index in [0.717, 1.165) is 12.0 Å². The zero-order chi connectivity index (χ0) is 18.6. The standard InChI is InChI=1S/C19H28FN3O2/c1-19(2,3)18(25)22-10-8-17(24)23-11-9-15(16(21)12-23)13-4-6-14(20)7-5-13/h4-7,15-16H,8-12,21H2,1-3H3,(H,22,25)/t15-,16-/m0/s1. The van der Waals surface area contributed by atoms with Crippen LogP contribution in [0.25, 0.3) is 0 Å². The molecule has 1 aromatic carbocycles. The number of nitrogens with zero attached hydrogens (tertiary/aromatic N) is 1. The number of amides is 2. The molecule has 2 atom stereocenters. The van der Waals surface area contributed by atoms with Crippen LogP contribution >= 0.6 is 0 Å². The smallest absolute Gasteiger partial charge is 0.225 e. The maximum absolute atomic E-state index is 13.1. The van der Waals surface area contributed by atoms with Gasteiger partial charge in [-0.1, -0.05) is 32.9 Å². The number of rotatable bonds is 4. The second-order valence-corrected chi connectivity index (χ2v) is 7.71. The summed E-state index contributed by atoms with van der Waals surface area (Å²) in [7, 11) is 0. The van der Waals surface area contributed by atoms with E-state index in [2.05, 4.69) is 5.32 Å². The van der Waals surface area contributed by atoms with Crippen LogP contribution in [0.15, 0.2) is 24.3 Å². The molecule has 1 aliphatic heterocycles. The Hall–Kier alpha value is -1.95. The lowest BCUT2D eigenvalue weighted by Crippen LogP contribution is -2.50. The Morgan fingerprint density at radius 3 is 2.48 bits per heavy atom. The molecule has 2 rings (SSSR count). The fraction of sp³-hybridized carbons (Fsp3) is 0.579. The van der Waals surface area contributed by atoms with E-state index in [1.165, 1.54) is 12.1 Å². The molecular formula is C19H28FN3O2. The molecule has 1 aromatic rings. The molecule has 1 saturated heterocycles. The first-order valence-corrected chi connectivity index (χ1v) is 8.75. The minimum absolute atomic E-state index is 0.00205. The summed E-state index contributed by atoms with van der Waals surface area (Å²) in [5, 5.41) is 2.79. The van der Waals surface area contributed by atoms with Crippen LogP contribution in [-0.4, -0.2) is 42.4 Å². The summed E-state index contributed by atoms with van der Waals surface area (Å²) < 4.78 is 13.1.